The van der Waals surface area contributed by atoms with Crippen LogP contribution in [0.3, 0.4) is 0 Å². The van der Waals surface area contributed by atoms with Crippen LogP contribution in [-0.2, 0) is 6.18 Å². The van der Waals surface area contributed by atoms with Crippen molar-refractivity contribution in [2.24, 2.45) is 0 Å². The predicted octanol–water partition coefficient (Wildman–Crippen LogP) is 2.77. The van der Waals surface area contributed by atoms with Crippen molar-refractivity contribution < 1.29 is 13.2 Å². The number of aromatic amines is 1. The molecule has 0 saturated carbocycles. The number of nitrogens with one attached hydrogen (secondary N) is 1. The van der Waals surface area contributed by atoms with Gasteiger partial charge in [0.2, 0.25) is 5.95 Å². The van der Waals surface area contributed by atoms with Crippen molar-refractivity contribution in [1.29, 1.82) is 0 Å². The lowest BCUT2D eigenvalue weighted by molar-refractivity contribution is -0.141. The van der Waals surface area contributed by atoms with Crippen molar-refractivity contribution in [3.8, 4) is 0 Å². The number of nitrogens with zero attached hydrogens (tertiary/aromatic N) is 3. The van der Waals surface area contributed by atoms with Crippen molar-refractivity contribution >= 4 is 23.2 Å². The number of halogens is 4. The van der Waals surface area contributed by atoms with Gasteiger partial charge in [0.1, 0.15) is 0 Å². The second kappa shape index (κ2) is 6.35. The summed E-state index contributed by atoms with van der Waals surface area (Å²) in [5.41, 5.74) is -1.13. The highest BCUT2D eigenvalue weighted by atomic mass is 35.5. The first-order chi connectivity index (χ1) is 11.3. The Bertz CT molecular complexity index is 785. The van der Waals surface area contributed by atoms with Crippen molar-refractivity contribution in [2.45, 2.75) is 6.18 Å². The highest BCUT2D eigenvalue weighted by Gasteiger charge is 2.34. The summed E-state index contributed by atoms with van der Waals surface area (Å²) in [7, 11) is 0. The van der Waals surface area contributed by atoms with Crippen LogP contribution in [0.1, 0.15) is 5.69 Å². The zero-order chi connectivity index (χ0) is 17.3. The van der Waals surface area contributed by atoms with Crippen LogP contribution < -0.4 is 15.4 Å². The molecule has 0 bridgehead atoms. The molecule has 1 aromatic heterocycles. The lowest BCUT2D eigenvalue weighted by atomic mass is 10.2. The molecule has 0 amide bonds. The van der Waals surface area contributed by atoms with E-state index in [1.165, 1.54) is 0 Å². The molecule has 1 aromatic carbocycles. The SMILES string of the molecule is O=c1cc(C(F)(F)F)nc(N2CCN(c3ccccc3Cl)CC2)[nH]1. The predicted molar refractivity (Wildman–Crippen MR) is 85.7 cm³/mol. The first kappa shape index (κ1) is 16.6. The Balaban J connectivity index is 1.77. The van der Waals surface area contributed by atoms with Crippen LogP contribution in [0.2, 0.25) is 5.02 Å². The number of hydrogen-bond donors (Lipinski definition) is 1. The maximum Gasteiger partial charge on any atom is 0.433 e. The van der Waals surface area contributed by atoms with Crippen molar-refractivity contribution in [2.75, 3.05) is 36.0 Å². The van der Waals surface area contributed by atoms with Gasteiger partial charge in [-0.05, 0) is 12.1 Å². The molecular weight excluding hydrogens is 345 g/mol. The van der Waals surface area contributed by atoms with E-state index >= 15 is 0 Å². The van der Waals surface area contributed by atoms with E-state index in [4.69, 9.17) is 11.6 Å². The van der Waals surface area contributed by atoms with Gasteiger partial charge in [0.15, 0.2) is 5.69 Å². The van der Waals surface area contributed by atoms with E-state index in [0.29, 0.717) is 37.3 Å². The van der Waals surface area contributed by atoms with Gasteiger partial charge in [-0.1, -0.05) is 23.7 Å². The minimum Gasteiger partial charge on any atom is -0.367 e. The second-order valence-corrected chi connectivity index (χ2v) is 5.78. The lowest BCUT2D eigenvalue weighted by Gasteiger charge is -2.36. The lowest BCUT2D eigenvalue weighted by Crippen LogP contribution is -2.47. The van der Waals surface area contributed by atoms with Crippen LogP contribution in [0.25, 0.3) is 0 Å². The number of hydrogen-bond acceptors (Lipinski definition) is 4. The van der Waals surface area contributed by atoms with E-state index in [1.807, 2.05) is 23.1 Å². The van der Waals surface area contributed by atoms with Gasteiger partial charge in [0.05, 0.1) is 10.7 Å². The molecule has 0 radical (unpaired) electrons. The average Bonchev–Trinajstić information content (AvgIpc) is 2.54. The second-order valence-electron chi connectivity index (χ2n) is 5.38. The van der Waals surface area contributed by atoms with Gasteiger partial charge >= 0.3 is 6.18 Å². The standard InChI is InChI=1S/C15H14ClF3N4O/c16-10-3-1-2-4-11(10)22-5-7-23(8-6-22)14-20-12(15(17,18)19)9-13(24)21-14/h1-4,9H,5-8H2,(H,20,21,24). The number of piperazine rings is 1. The molecular formula is C15H14ClF3N4O. The number of anilines is 2. The Labute approximate surface area is 140 Å². The van der Waals surface area contributed by atoms with E-state index < -0.39 is 17.4 Å². The molecule has 1 N–H and O–H groups in total. The van der Waals surface area contributed by atoms with Gasteiger partial charge in [0.25, 0.3) is 5.56 Å². The fourth-order valence-corrected chi connectivity index (χ4v) is 2.86. The summed E-state index contributed by atoms with van der Waals surface area (Å²) in [5, 5.41) is 0.622. The number of rotatable bonds is 2. The molecule has 3 rings (SSSR count). The summed E-state index contributed by atoms with van der Waals surface area (Å²) < 4.78 is 38.4. The number of alkyl halides is 3. The third-order valence-corrected chi connectivity index (χ3v) is 4.11. The van der Waals surface area contributed by atoms with Gasteiger partial charge in [-0.2, -0.15) is 13.2 Å². The highest BCUT2D eigenvalue weighted by molar-refractivity contribution is 6.33. The van der Waals surface area contributed by atoms with Crippen LogP contribution >= 0.6 is 11.6 Å². The van der Waals surface area contributed by atoms with E-state index in [-0.39, 0.29) is 5.95 Å². The van der Waals surface area contributed by atoms with Crippen molar-refractivity contribution in [3.63, 3.8) is 0 Å². The first-order valence-corrected chi connectivity index (χ1v) is 7.65. The van der Waals surface area contributed by atoms with Gasteiger partial charge in [-0.3, -0.25) is 9.78 Å². The molecule has 2 heterocycles. The summed E-state index contributed by atoms with van der Waals surface area (Å²) in [5.74, 6) is -0.0615. The highest BCUT2D eigenvalue weighted by Crippen LogP contribution is 2.29. The minimum absolute atomic E-state index is 0.0615. The van der Waals surface area contributed by atoms with E-state index in [9.17, 15) is 18.0 Å². The van der Waals surface area contributed by atoms with Gasteiger partial charge in [-0.25, -0.2) is 4.98 Å². The Morgan fingerprint density at radius 1 is 1.08 bits per heavy atom. The quantitative estimate of drug-likeness (QED) is 0.897. The van der Waals surface area contributed by atoms with Crippen molar-refractivity contribution in [3.05, 3.63) is 51.4 Å². The molecule has 0 atom stereocenters. The molecule has 0 spiro atoms. The molecule has 0 unspecified atom stereocenters. The molecule has 1 aliphatic heterocycles. The van der Waals surface area contributed by atoms with Crippen LogP contribution in [0.5, 0.6) is 0 Å². The summed E-state index contributed by atoms with van der Waals surface area (Å²) in [6, 6.07) is 7.85. The molecule has 0 aliphatic carbocycles. The normalized spacial score (nSPS) is 15.7. The van der Waals surface area contributed by atoms with Gasteiger partial charge in [-0.15, -0.1) is 0 Å². The maximum absolute atomic E-state index is 12.8. The summed E-state index contributed by atoms with van der Waals surface area (Å²) >= 11 is 6.16. The zero-order valence-electron chi connectivity index (χ0n) is 12.5. The Morgan fingerprint density at radius 2 is 1.71 bits per heavy atom. The van der Waals surface area contributed by atoms with E-state index in [2.05, 4.69) is 9.97 Å². The average molecular weight is 359 g/mol. The van der Waals surface area contributed by atoms with Crippen molar-refractivity contribution in [1.82, 2.24) is 9.97 Å². The molecule has 1 fully saturated rings. The van der Waals surface area contributed by atoms with Gasteiger partial charge in [0, 0.05) is 32.2 Å². The Hall–Kier alpha value is -2.22. The zero-order valence-corrected chi connectivity index (χ0v) is 13.2. The number of para-hydroxylation sites is 1. The minimum atomic E-state index is -4.65. The molecule has 24 heavy (non-hydrogen) atoms. The first-order valence-electron chi connectivity index (χ1n) is 7.27. The van der Waals surface area contributed by atoms with Gasteiger partial charge < -0.3 is 9.80 Å². The van der Waals surface area contributed by atoms with Crippen LogP contribution in [-0.4, -0.2) is 36.1 Å². The number of aromatic nitrogens is 2. The third kappa shape index (κ3) is 3.48. The monoisotopic (exact) mass is 358 g/mol. The number of benzene rings is 1. The van der Waals surface area contributed by atoms with Crippen LogP contribution in [0.4, 0.5) is 24.8 Å². The smallest absolute Gasteiger partial charge is 0.367 e. The topological polar surface area (TPSA) is 52.2 Å². The Morgan fingerprint density at radius 3 is 2.33 bits per heavy atom. The maximum atomic E-state index is 12.8. The van der Waals surface area contributed by atoms with Crippen LogP contribution in [0.15, 0.2) is 35.1 Å². The van der Waals surface area contributed by atoms with E-state index in [1.54, 1.807) is 11.0 Å². The largest absolute Gasteiger partial charge is 0.433 e. The molecule has 5 nitrogen and oxygen atoms in total. The fourth-order valence-electron chi connectivity index (χ4n) is 2.61. The summed E-state index contributed by atoms with van der Waals surface area (Å²) in [4.78, 5) is 21.1. The molecule has 1 aliphatic rings. The third-order valence-electron chi connectivity index (χ3n) is 3.79. The summed E-state index contributed by atoms with van der Waals surface area (Å²) in [6.07, 6.45) is -4.65. The number of H-pyrrole nitrogens is 1. The summed E-state index contributed by atoms with van der Waals surface area (Å²) in [6.45, 7) is 1.97. The molecule has 9 heteroatoms. The molecule has 128 valence electrons. The molecule has 2 aromatic rings. The fraction of sp³-hybridized carbons (Fsp3) is 0.333. The Kier molecular flexibility index (Phi) is 4.40. The molecule has 1 saturated heterocycles. The van der Waals surface area contributed by atoms with E-state index in [0.717, 1.165) is 5.69 Å². The van der Waals surface area contributed by atoms with Crippen LogP contribution in [0, 0.1) is 0 Å².